The number of hydrogen-bond donors (Lipinski definition) is 2. The first-order chi connectivity index (χ1) is 11.5. The van der Waals surface area contributed by atoms with Crippen LogP contribution in [0.2, 0.25) is 0 Å². The molecule has 3 aromatic rings. The molecule has 0 aliphatic heterocycles. The Balaban J connectivity index is 1.61. The van der Waals surface area contributed by atoms with Crippen molar-refractivity contribution in [3.8, 4) is 11.3 Å². The van der Waals surface area contributed by atoms with E-state index >= 15 is 0 Å². The van der Waals surface area contributed by atoms with E-state index in [0.29, 0.717) is 12.1 Å². The van der Waals surface area contributed by atoms with Gasteiger partial charge in [-0.05, 0) is 24.1 Å². The van der Waals surface area contributed by atoms with Crippen LogP contribution < -0.4 is 4.72 Å². The number of hydrogen-bond acceptors (Lipinski definition) is 4. The molecular formula is C17H15N2O3S2. The van der Waals surface area contributed by atoms with Crippen molar-refractivity contribution >= 4 is 27.3 Å². The van der Waals surface area contributed by atoms with Crippen molar-refractivity contribution in [1.82, 2.24) is 4.98 Å². The molecule has 2 N–H and O–H groups in total. The zero-order valence-electron chi connectivity index (χ0n) is 12.6. The third-order valence-electron chi connectivity index (χ3n) is 3.30. The van der Waals surface area contributed by atoms with Crippen LogP contribution in [0.1, 0.15) is 10.6 Å². The molecule has 0 aliphatic carbocycles. The van der Waals surface area contributed by atoms with Crippen LogP contribution in [0.25, 0.3) is 11.3 Å². The molecule has 0 saturated carbocycles. The van der Waals surface area contributed by atoms with Crippen molar-refractivity contribution in [2.75, 3.05) is 4.72 Å². The summed E-state index contributed by atoms with van der Waals surface area (Å²) in [5.74, 6) is 0. The fourth-order valence-corrected chi connectivity index (χ4v) is 3.37. The Kier molecular flexibility index (Phi) is 4.94. The van der Waals surface area contributed by atoms with E-state index in [2.05, 4.69) is 4.98 Å². The van der Waals surface area contributed by atoms with Gasteiger partial charge in [0.25, 0.3) is 0 Å². The predicted molar refractivity (Wildman–Crippen MR) is 96.3 cm³/mol. The molecule has 123 valence electrons. The highest BCUT2D eigenvalue weighted by Gasteiger charge is 2.06. The molecule has 2 aromatic carbocycles. The second kappa shape index (κ2) is 7.12. The molecule has 3 rings (SSSR count). The van der Waals surface area contributed by atoms with Crippen LogP contribution in [-0.2, 0) is 16.7 Å². The number of aromatic nitrogens is 1. The Morgan fingerprint density at radius 1 is 1.08 bits per heavy atom. The largest absolute Gasteiger partial charge is 0.357 e. The van der Waals surface area contributed by atoms with E-state index < -0.39 is 10.3 Å². The number of anilines is 1. The van der Waals surface area contributed by atoms with Gasteiger partial charge in [0.1, 0.15) is 0 Å². The van der Waals surface area contributed by atoms with E-state index in [1.165, 1.54) is 0 Å². The molecule has 0 atom stereocenters. The first kappa shape index (κ1) is 16.6. The standard InChI is InChI=1S/C17H15N2O3S2/c20-24(21,22)19-15-9-6-13(7-10-15)8-11-17-18-16(12-23-17)14-4-2-1-3-5-14/h1-7,9-12,19H,8H2,(H,20,21,22). The highest BCUT2D eigenvalue weighted by molar-refractivity contribution is 7.87. The summed E-state index contributed by atoms with van der Waals surface area (Å²) >= 11 is 1.58. The number of nitrogens with zero attached hydrogens (tertiary/aromatic N) is 1. The zero-order valence-corrected chi connectivity index (χ0v) is 14.2. The monoisotopic (exact) mass is 359 g/mol. The van der Waals surface area contributed by atoms with Crippen LogP contribution >= 0.6 is 11.3 Å². The van der Waals surface area contributed by atoms with Gasteiger partial charge in [-0.1, -0.05) is 42.5 Å². The summed E-state index contributed by atoms with van der Waals surface area (Å²) in [6.45, 7) is 0. The maximum absolute atomic E-state index is 10.7. The quantitative estimate of drug-likeness (QED) is 0.656. The average Bonchev–Trinajstić information content (AvgIpc) is 3.03. The third-order valence-corrected chi connectivity index (χ3v) is 4.64. The van der Waals surface area contributed by atoms with Crippen molar-refractivity contribution in [3.05, 3.63) is 77.0 Å². The normalized spacial score (nSPS) is 11.4. The molecule has 24 heavy (non-hydrogen) atoms. The Hall–Kier alpha value is -2.22. The fraction of sp³-hybridized carbons (Fsp3) is 0.0588. The van der Waals surface area contributed by atoms with Crippen LogP contribution in [0.4, 0.5) is 5.69 Å². The van der Waals surface area contributed by atoms with Gasteiger partial charge in [-0.2, -0.15) is 8.42 Å². The topological polar surface area (TPSA) is 79.3 Å². The lowest BCUT2D eigenvalue weighted by molar-refractivity contribution is 0.489. The molecule has 0 unspecified atom stereocenters. The maximum atomic E-state index is 10.7. The van der Waals surface area contributed by atoms with Gasteiger partial charge in [0, 0.05) is 17.4 Å². The fourth-order valence-electron chi connectivity index (χ4n) is 2.19. The van der Waals surface area contributed by atoms with Crippen molar-refractivity contribution in [3.63, 3.8) is 0 Å². The maximum Gasteiger partial charge on any atom is 0.357 e. The summed E-state index contributed by atoms with van der Waals surface area (Å²) in [6, 6.07) is 16.8. The van der Waals surface area contributed by atoms with Gasteiger partial charge in [0.15, 0.2) is 0 Å². The first-order valence-corrected chi connectivity index (χ1v) is 9.50. The van der Waals surface area contributed by atoms with Gasteiger partial charge < -0.3 is 0 Å². The summed E-state index contributed by atoms with van der Waals surface area (Å²) in [4.78, 5) is 4.60. The van der Waals surface area contributed by atoms with Crippen LogP contribution in [-0.4, -0.2) is 18.0 Å². The third kappa shape index (κ3) is 4.64. The highest BCUT2D eigenvalue weighted by Crippen LogP contribution is 2.23. The zero-order chi connectivity index (χ0) is 17.0. The minimum Gasteiger partial charge on any atom is -0.269 e. The van der Waals surface area contributed by atoms with Crippen molar-refractivity contribution in [1.29, 1.82) is 0 Å². The SMILES string of the molecule is O=S(=O)(O)Nc1ccc(C[CH]c2nc(-c3ccccc3)cs2)cc1. The molecule has 5 nitrogen and oxygen atoms in total. The first-order valence-electron chi connectivity index (χ1n) is 7.18. The number of thiazole rings is 1. The Labute approximate surface area is 144 Å². The summed E-state index contributed by atoms with van der Waals surface area (Å²) in [6.07, 6.45) is 2.72. The minimum absolute atomic E-state index is 0.321. The summed E-state index contributed by atoms with van der Waals surface area (Å²) in [5, 5.41) is 2.97. The molecule has 7 heteroatoms. The van der Waals surface area contributed by atoms with Crippen molar-refractivity contribution in [2.24, 2.45) is 0 Å². The van der Waals surface area contributed by atoms with Gasteiger partial charge in [-0.3, -0.25) is 9.27 Å². The molecule has 0 fully saturated rings. The van der Waals surface area contributed by atoms with E-state index in [-0.39, 0.29) is 0 Å². The molecule has 1 radical (unpaired) electrons. The average molecular weight is 359 g/mol. The van der Waals surface area contributed by atoms with E-state index in [1.807, 2.05) is 46.9 Å². The molecule has 0 saturated heterocycles. The van der Waals surface area contributed by atoms with Gasteiger partial charge in [-0.25, -0.2) is 4.98 Å². The predicted octanol–water partition coefficient (Wildman–Crippen LogP) is 3.82. The van der Waals surface area contributed by atoms with E-state index in [1.54, 1.807) is 35.6 Å². The summed E-state index contributed by atoms with van der Waals surface area (Å²) in [7, 11) is -4.24. The van der Waals surface area contributed by atoms with Crippen LogP contribution in [0.5, 0.6) is 0 Å². The summed E-state index contributed by atoms with van der Waals surface area (Å²) < 4.78 is 32.2. The van der Waals surface area contributed by atoms with Gasteiger partial charge in [0.2, 0.25) is 0 Å². The summed E-state index contributed by atoms with van der Waals surface area (Å²) in [5.41, 5.74) is 3.39. The van der Waals surface area contributed by atoms with Gasteiger partial charge in [0.05, 0.1) is 16.4 Å². The van der Waals surface area contributed by atoms with Crippen LogP contribution in [0.15, 0.2) is 60.0 Å². The molecule has 0 aliphatic rings. The van der Waals surface area contributed by atoms with Crippen molar-refractivity contribution < 1.29 is 13.0 Å². The number of nitrogens with one attached hydrogen (secondary N) is 1. The molecule has 1 heterocycles. The Bertz CT molecular complexity index is 905. The smallest absolute Gasteiger partial charge is 0.269 e. The van der Waals surface area contributed by atoms with Crippen LogP contribution in [0.3, 0.4) is 0 Å². The van der Waals surface area contributed by atoms with Crippen molar-refractivity contribution in [2.45, 2.75) is 6.42 Å². The number of rotatable bonds is 6. The van der Waals surface area contributed by atoms with E-state index in [0.717, 1.165) is 21.8 Å². The molecular weight excluding hydrogens is 344 g/mol. The lowest BCUT2D eigenvalue weighted by Gasteiger charge is -2.04. The lowest BCUT2D eigenvalue weighted by Crippen LogP contribution is -2.10. The second-order valence-corrected chi connectivity index (χ2v) is 7.16. The Morgan fingerprint density at radius 2 is 1.79 bits per heavy atom. The van der Waals surface area contributed by atoms with Gasteiger partial charge in [-0.15, -0.1) is 11.3 Å². The molecule has 0 bridgehead atoms. The minimum atomic E-state index is -4.24. The second-order valence-electron chi connectivity index (χ2n) is 5.12. The van der Waals surface area contributed by atoms with Gasteiger partial charge >= 0.3 is 10.3 Å². The Morgan fingerprint density at radius 3 is 2.46 bits per heavy atom. The van der Waals surface area contributed by atoms with E-state index in [9.17, 15) is 8.42 Å². The highest BCUT2D eigenvalue weighted by atomic mass is 32.2. The number of benzene rings is 2. The molecule has 1 aromatic heterocycles. The molecule has 0 amide bonds. The molecule has 0 spiro atoms. The van der Waals surface area contributed by atoms with E-state index in [4.69, 9.17) is 4.55 Å². The van der Waals surface area contributed by atoms with Crippen LogP contribution in [0, 0.1) is 6.42 Å². The lowest BCUT2D eigenvalue weighted by atomic mass is 10.1.